The van der Waals surface area contributed by atoms with Gasteiger partial charge in [-0.3, -0.25) is 4.90 Å². The first kappa shape index (κ1) is 13.3. The summed E-state index contributed by atoms with van der Waals surface area (Å²) in [5.74, 6) is 2.48. The number of likely N-dealkylation sites (N-methyl/N-ethyl adjacent to an activating group) is 1. The maximum absolute atomic E-state index is 5.99. The van der Waals surface area contributed by atoms with Gasteiger partial charge in [-0.2, -0.15) is 11.8 Å². The van der Waals surface area contributed by atoms with Crippen molar-refractivity contribution in [1.29, 1.82) is 0 Å². The molecule has 0 aliphatic carbocycles. The first-order valence-corrected chi connectivity index (χ1v) is 6.96. The number of ether oxygens (including phenoxy) is 1. The lowest BCUT2D eigenvalue weighted by Crippen LogP contribution is -2.57. The molecule has 0 saturated carbocycles. The number of hydrogen-bond donors (Lipinski definition) is 1. The van der Waals surface area contributed by atoms with E-state index in [0.29, 0.717) is 0 Å². The summed E-state index contributed by atoms with van der Waals surface area (Å²) < 4.78 is 5.17. The zero-order valence-electron chi connectivity index (χ0n) is 10.00. The third-order valence-electron chi connectivity index (χ3n) is 3.30. The first-order valence-electron chi connectivity index (χ1n) is 5.81. The Morgan fingerprint density at radius 3 is 2.80 bits per heavy atom. The molecule has 2 N–H and O–H groups in total. The summed E-state index contributed by atoms with van der Waals surface area (Å²) in [4.78, 5) is 2.50. The fraction of sp³-hybridized carbons (Fsp3) is 1.00. The maximum Gasteiger partial charge on any atom is 0.0589 e. The fourth-order valence-electron chi connectivity index (χ4n) is 2.31. The summed E-state index contributed by atoms with van der Waals surface area (Å²) in [6.45, 7) is 5.87. The average Bonchev–Trinajstić information content (AvgIpc) is 2.31. The number of methoxy groups -OCH3 is 1. The van der Waals surface area contributed by atoms with Crippen LogP contribution in [0.2, 0.25) is 0 Å². The molecule has 1 fully saturated rings. The Morgan fingerprint density at radius 1 is 1.53 bits per heavy atom. The molecule has 0 aromatic heterocycles. The molecule has 1 heterocycles. The molecule has 1 saturated heterocycles. The van der Waals surface area contributed by atoms with Crippen molar-refractivity contribution >= 4 is 11.8 Å². The van der Waals surface area contributed by atoms with Crippen LogP contribution in [0, 0.1) is 0 Å². The molecule has 0 aromatic rings. The molecule has 1 aliphatic rings. The smallest absolute Gasteiger partial charge is 0.0589 e. The van der Waals surface area contributed by atoms with E-state index in [-0.39, 0.29) is 5.54 Å². The molecule has 1 aliphatic heterocycles. The minimum Gasteiger partial charge on any atom is -0.383 e. The van der Waals surface area contributed by atoms with Crippen molar-refractivity contribution in [3.05, 3.63) is 0 Å². The molecule has 90 valence electrons. The zero-order valence-corrected chi connectivity index (χ0v) is 10.8. The van der Waals surface area contributed by atoms with Crippen LogP contribution in [0.4, 0.5) is 0 Å². The average molecular weight is 232 g/mol. The summed E-state index contributed by atoms with van der Waals surface area (Å²) in [7, 11) is 1.76. The lowest BCUT2D eigenvalue weighted by atomic mass is 9.93. The van der Waals surface area contributed by atoms with Crippen molar-refractivity contribution in [3.8, 4) is 0 Å². The van der Waals surface area contributed by atoms with Crippen LogP contribution in [0.5, 0.6) is 0 Å². The molecule has 3 nitrogen and oxygen atoms in total. The SMILES string of the molecule is CCN(CCOC)C1(CN)CCCSC1. The normalized spacial score (nSPS) is 27.2. The van der Waals surface area contributed by atoms with E-state index in [0.717, 1.165) is 26.2 Å². The molecule has 0 radical (unpaired) electrons. The highest BCUT2D eigenvalue weighted by molar-refractivity contribution is 7.99. The highest BCUT2D eigenvalue weighted by Gasteiger charge is 2.35. The minimum absolute atomic E-state index is 0.232. The number of nitrogens with zero attached hydrogens (tertiary/aromatic N) is 1. The zero-order chi connectivity index (χ0) is 11.1. The standard InChI is InChI=1S/C11H24N2OS/c1-3-13(6-7-14-2)11(9-12)5-4-8-15-10-11/h3-10,12H2,1-2H3. The molecular weight excluding hydrogens is 208 g/mol. The molecule has 0 spiro atoms. The van der Waals surface area contributed by atoms with Crippen molar-refractivity contribution in [2.24, 2.45) is 5.73 Å². The van der Waals surface area contributed by atoms with E-state index < -0.39 is 0 Å². The van der Waals surface area contributed by atoms with Gasteiger partial charge in [0, 0.05) is 31.5 Å². The Balaban J connectivity index is 2.58. The summed E-state index contributed by atoms with van der Waals surface area (Å²) in [6.07, 6.45) is 2.54. The number of thioether (sulfide) groups is 1. The van der Waals surface area contributed by atoms with Gasteiger partial charge in [-0.15, -0.1) is 0 Å². The lowest BCUT2D eigenvalue weighted by Gasteiger charge is -2.45. The Labute approximate surface area is 97.7 Å². The summed E-state index contributed by atoms with van der Waals surface area (Å²) >= 11 is 2.04. The highest BCUT2D eigenvalue weighted by Crippen LogP contribution is 2.31. The van der Waals surface area contributed by atoms with Crippen LogP contribution >= 0.6 is 11.8 Å². The van der Waals surface area contributed by atoms with Crippen molar-refractivity contribution in [2.45, 2.75) is 25.3 Å². The molecule has 1 unspecified atom stereocenters. The van der Waals surface area contributed by atoms with Gasteiger partial charge in [-0.25, -0.2) is 0 Å². The predicted octanol–water partition coefficient (Wildman–Crippen LogP) is 1.18. The number of nitrogens with two attached hydrogens (primary N) is 1. The Hall–Kier alpha value is 0.230. The van der Waals surface area contributed by atoms with E-state index in [4.69, 9.17) is 10.5 Å². The van der Waals surface area contributed by atoms with Gasteiger partial charge in [0.05, 0.1) is 6.61 Å². The quantitative estimate of drug-likeness (QED) is 0.746. The molecular formula is C11H24N2OS. The largest absolute Gasteiger partial charge is 0.383 e. The second-order valence-corrected chi connectivity index (χ2v) is 5.26. The Kier molecular flexibility index (Phi) is 5.97. The number of rotatable bonds is 6. The van der Waals surface area contributed by atoms with E-state index in [9.17, 15) is 0 Å². The van der Waals surface area contributed by atoms with Crippen LogP contribution in [0.25, 0.3) is 0 Å². The molecule has 1 rings (SSSR count). The van der Waals surface area contributed by atoms with E-state index in [1.165, 1.54) is 24.3 Å². The van der Waals surface area contributed by atoms with Gasteiger partial charge in [0.1, 0.15) is 0 Å². The van der Waals surface area contributed by atoms with Crippen molar-refractivity contribution < 1.29 is 4.74 Å². The molecule has 0 aromatic carbocycles. The van der Waals surface area contributed by atoms with Crippen LogP contribution < -0.4 is 5.73 Å². The predicted molar refractivity (Wildman–Crippen MR) is 67.5 cm³/mol. The van der Waals surface area contributed by atoms with Crippen molar-refractivity contribution in [1.82, 2.24) is 4.90 Å². The Bertz CT molecular complexity index is 172. The fourth-order valence-corrected chi connectivity index (χ4v) is 3.63. The topological polar surface area (TPSA) is 38.5 Å². The molecule has 1 atom stereocenters. The number of hydrogen-bond acceptors (Lipinski definition) is 4. The summed E-state index contributed by atoms with van der Waals surface area (Å²) in [6, 6.07) is 0. The molecule has 4 heteroatoms. The van der Waals surface area contributed by atoms with Crippen molar-refractivity contribution in [3.63, 3.8) is 0 Å². The summed E-state index contributed by atoms with van der Waals surface area (Å²) in [5, 5.41) is 0. The maximum atomic E-state index is 5.99. The van der Waals surface area contributed by atoms with E-state index in [1.807, 2.05) is 11.8 Å². The Morgan fingerprint density at radius 2 is 2.33 bits per heavy atom. The van der Waals surface area contributed by atoms with Crippen LogP contribution in [-0.2, 0) is 4.74 Å². The minimum atomic E-state index is 0.232. The van der Waals surface area contributed by atoms with Crippen LogP contribution in [0.1, 0.15) is 19.8 Å². The van der Waals surface area contributed by atoms with Gasteiger partial charge in [-0.05, 0) is 25.1 Å². The van der Waals surface area contributed by atoms with Gasteiger partial charge in [0.2, 0.25) is 0 Å². The molecule has 0 bridgehead atoms. The first-order chi connectivity index (χ1) is 7.29. The molecule has 15 heavy (non-hydrogen) atoms. The van der Waals surface area contributed by atoms with Crippen LogP contribution in [0.15, 0.2) is 0 Å². The lowest BCUT2D eigenvalue weighted by molar-refractivity contribution is 0.0707. The highest BCUT2D eigenvalue weighted by atomic mass is 32.2. The van der Waals surface area contributed by atoms with Gasteiger partial charge in [0.25, 0.3) is 0 Å². The van der Waals surface area contributed by atoms with Crippen LogP contribution in [0.3, 0.4) is 0 Å². The molecule has 0 amide bonds. The second-order valence-electron chi connectivity index (χ2n) is 4.16. The second kappa shape index (κ2) is 6.74. The monoisotopic (exact) mass is 232 g/mol. The van der Waals surface area contributed by atoms with E-state index in [1.54, 1.807) is 7.11 Å². The van der Waals surface area contributed by atoms with Gasteiger partial charge < -0.3 is 10.5 Å². The van der Waals surface area contributed by atoms with Gasteiger partial charge in [-0.1, -0.05) is 6.92 Å². The van der Waals surface area contributed by atoms with E-state index in [2.05, 4.69) is 11.8 Å². The summed E-state index contributed by atoms with van der Waals surface area (Å²) in [5.41, 5.74) is 6.22. The third kappa shape index (κ3) is 3.34. The third-order valence-corrected chi connectivity index (χ3v) is 4.62. The van der Waals surface area contributed by atoms with E-state index >= 15 is 0 Å². The van der Waals surface area contributed by atoms with Gasteiger partial charge in [0.15, 0.2) is 0 Å². The van der Waals surface area contributed by atoms with Gasteiger partial charge >= 0.3 is 0 Å². The van der Waals surface area contributed by atoms with Crippen LogP contribution in [-0.4, -0.2) is 55.3 Å². The van der Waals surface area contributed by atoms with Crippen molar-refractivity contribution in [2.75, 3.05) is 44.9 Å².